The van der Waals surface area contributed by atoms with E-state index in [0.29, 0.717) is 28.9 Å². The Morgan fingerprint density at radius 2 is 1.88 bits per heavy atom. The summed E-state index contributed by atoms with van der Waals surface area (Å²) in [5.41, 5.74) is 0.619. The van der Waals surface area contributed by atoms with Crippen molar-refractivity contribution in [1.82, 2.24) is 4.90 Å². The molecule has 0 unspecified atom stereocenters. The van der Waals surface area contributed by atoms with Gasteiger partial charge in [0.05, 0.1) is 21.6 Å². The van der Waals surface area contributed by atoms with E-state index in [0.717, 1.165) is 4.47 Å². The summed E-state index contributed by atoms with van der Waals surface area (Å²) < 4.78 is 6.76. The molecule has 0 spiro atoms. The van der Waals surface area contributed by atoms with Crippen LogP contribution in [0.5, 0.6) is 5.75 Å². The predicted octanol–water partition coefficient (Wildman–Crippen LogP) is 3.70. The third kappa shape index (κ3) is 3.01. The van der Waals surface area contributed by atoms with Crippen molar-refractivity contribution in [3.05, 3.63) is 26.6 Å². The van der Waals surface area contributed by atoms with E-state index in [9.17, 15) is 4.79 Å². The minimum absolute atomic E-state index is 0.00711. The van der Waals surface area contributed by atoms with Crippen LogP contribution in [0.3, 0.4) is 0 Å². The van der Waals surface area contributed by atoms with E-state index in [-0.39, 0.29) is 5.91 Å². The smallest absolute Gasteiger partial charge is 0.255 e. The van der Waals surface area contributed by atoms with Crippen molar-refractivity contribution in [2.75, 3.05) is 20.2 Å². The summed E-state index contributed by atoms with van der Waals surface area (Å²) in [4.78, 5) is 14.0. The topological polar surface area (TPSA) is 29.5 Å². The van der Waals surface area contributed by atoms with Gasteiger partial charge in [-0.1, -0.05) is 0 Å². The van der Waals surface area contributed by atoms with Gasteiger partial charge in [-0.3, -0.25) is 4.79 Å². The number of hydrogen-bond acceptors (Lipinski definition) is 2. The molecule has 1 rings (SSSR count). The summed E-state index contributed by atoms with van der Waals surface area (Å²) in [5.74, 6) is 0.649. The lowest BCUT2D eigenvalue weighted by Gasteiger charge is -2.20. The maximum Gasteiger partial charge on any atom is 0.255 e. The summed E-state index contributed by atoms with van der Waals surface area (Å²) in [7, 11) is 1.58. The third-order valence-electron chi connectivity index (χ3n) is 2.53. The number of carbonyl (C=O) groups is 1. The third-order valence-corrected chi connectivity index (χ3v) is 3.95. The lowest BCUT2D eigenvalue weighted by Crippen LogP contribution is -2.30. The largest absolute Gasteiger partial charge is 0.494 e. The first-order chi connectivity index (χ1) is 8.06. The quantitative estimate of drug-likeness (QED) is 0.815. The van der Waals surface area contributed by atoms with Crippen molar-refractivity contribution in [1.29, 1.82) is 0 Å². The molecule has 0 saturated heterocycles. The molecule has 0 atom stereocenters. The number of hydrogen-bond donors (Lipinski definition) is 0. The lowest BCUT2D eigenvalue weighted by molar-refractivity contribution is 0.0771. The molecule has 0 heterocycles. The maximum absolute atomic E-state index is 12.2. The van der Waals surface area contributed by atoms with Crippen molar-refractivity contribution < 1.29 is 9.53 Å². The van der Waals surface area contributed by atoms with Gasteiger partial charge >= 0.3 is 0 Å². The van der Waals surface area contributed by atoms with Crippen LogP contribution >= 0.6 is 31.9 Å². The van der Waals surface area contributed by atoms with Crippen molar-refractivity contribution in [3.8, 4) is 5.75 Å². The number of methoxy groups -OCH3 is 1. The van der Waals surface area contributed by atoms with Crippen LogP contribution in [0.2, 0.25) is 0 Å². The van der Waals surface area contributed by atoms with Crippen LogP contribution in [0.25, 0.3) is 0 Å². The molecule has 1 amide bonds. The first-order valence-electron chi connectivity index (χ1n) is 5.38. The average molecular weight is 365 g/mol. The fraction of sp³-hybridized carbons (Fsp3) is 0.417. The molecule has 1 aromatic rings. The van der Waals surface area contributed by atoms with Crippen LogP contribution in [0, 0.1) is 0 Å². The molecule has 0 radical (unpaired) electrons. The number of ether oxygens (including phenoxy) is 1. The summed E-state index contributed by atoms with van der Waals surface area (Å²) >= 11 is 6.80. The zero-order valence-corrected chi connectivity index (χ0v) is 13.3. The summed E-state index contributed by atoms with van der Waals surface area (Å²) in [6.45, 7) is 5.32. The first-order valence-corrected chi connectivity index (χ1v) is 6.96. The van der Waals surface area contributed by atoms with Gasteiger partial charge in [0.25, 0.3) is 5.91 Å². The fourth-order valence-corrected chi connectivity index (χ4v) is 3.00. The second kappa shape index (κ2) is 6.40. The standard InChI is InChI=1S/C12H15Br2NO2/c1-4-15(5-2)12(16)8-6-7-9(13)11(17-3)10(8)14/h6-7H,4-5H2,1-3H3. The summed E-state index contributed by atoms with van der Waals surface area (Å²) in [5, 5.41) is 0. The van der Waals surface area contributed by atoms with E-state index in [1.807, 2.05) is 19.9 Å². The number of rotatable bonds is 4. The van der Waals surface area contributed by atoms with Gasteiger partial charge in [0.1, 0.15) is 5.75 Å². The Balaban J connectivity index is 3.19. The van der Waals surface area contributed by atoms with Gasteiger partial charge in [0.2, 0.25) is 0 Å². The second-order valence-electron chi connectivity index (χ2n) is 3.42. The number of amides is 1. The highest BCUT2D eigenvalue weighted by molar-refractivity contribution is 9.11. The second-order valence-corrected chi connectivity index (χ2v) is 5.07. The zero-order chi connectivity index (χ0) is 13.0. The van der Waals surface area contributed by atoms with Crippen LogP contribution < -0.4 is 4.74 Å². The van der Waals surface area contributed by atoms with Crippen LogP contribution in [0.1, 0.15) is 24.2 Å². The van der Waals surface area contributed by atoms with E-state index in [1.165, 1.54) is 0 Å². The van der Waals surface area contributed by atoms with Crippen LogP contribution in [-0.2, 0) is 0 Å². The van der Waals surface area contributed by atoms with E-state index in [1.54, 1.807) is 18.1 Å². The number of nitrogens with zero attached hydrogens (tertiary/aromatic N) is 1. The fourth-order valence-electron chi connectivity index (χ4n) is 1.57. The monoisotopic (exact) mass is 363 g/mol. The minimum atomic E-state index is 0.00711. The minimum Gasteiger partial charge on any atom is -0.494 e. The molecule has 0 aliphatic heterocycles. The van der Waals surface area contributed by atoms with Gasteiger partial charge in [-0.05, 0) is 57.8 Å². The molecule has 3 nitrogen and oxygen atoms in total. The van der Waals surface area contributed by atoms with Gasteiger partial charge < -0.3 is 9.64 Å². The highest BCUT2D eigenvalue weighted by atomic mass is 79.9. The van der Waals surface area contributed by atoms with Crippen LogP contribution in [0.15, 0.2) is 21.1 Å². The van der Waals surface area contributed by atoms with E-state index in [2.05, 4.69) is 31.9 Å². The Kier molecular flexibility index (Phi) is 5.46. The van der Waals surface area contributed by atoms with Gasteiger partial charge in [-0.15, -0.1) is 0 Å². The first kappa shape index (κ1) is 14.5. The molecular weight excluding hydrogens is 350 g/mol. The Hall–Kier alpha value is -0.550. The van der Waals surface area contributed by atoms with E-state index >= 15 is 0 Å². The van der Waals surface area contributed by atoms with Crippen LogP contribution in [0.4, 0.5) is 0 Å². The number of carbonyl (C=O) groups excluding carboxylic acids is 1. The molecular formula is C12H15Br2NO2. The predicted molar refractivity (Wildman–Crippen MR) is 75.6 cm³/mol. The molecule has 0 saturated carbocycles. The molecule has 94 valence electrons. The van der Waals surface area contributed by atoms with Crippen molar-refractivity contribution in [2.45, 2.75) is 13.8 Å². The molecule has 17 heavy (non-hydrogen) atoms. The highest BCUT2D eigenvalue weighted by Crippen LogP contribution is 2.36. The lowest BCUT2D eigenvalue weighted by atomic mass is 10.2. The molecule has 0 N–H and O–H groups in total. The summed E-state index contributed by atoms with van der Waals surface area (Å²) in [6, 6.07) is 3.61. The Morgan fingerprint density at radius 3 is 2.35 bits per heavy atom. The van der Waals surface area contributed by atoms with Gasteiger partial charge in [0.15, 0.2) is 0 Å². The number of halogens is 2. The molecule has 0 fully saturated rings. The molecule has 0 aliphatic carbocycles. The Labute approximate surface area is 118 Å². The van der Waals surface area contributed by atoms with Gasteiger partial charge in [-0.25, -0.2) is 0 Å². The summed E-state index contributed by atoms with van der Waals surface area (Å²) in [6.07, 6.45) is 0. The molecule has 0 aliphatic rings. The van der Waals surface area contributed by atoms with Crippen molar-refractivity contribution in [3.63, 3.8) is 0 Å². The highest BCUT2D eigenvalue weighted by Gasteiger charge is 2.19. The average Bonchev–Trinajstić information content (AvgIpc) is 2.31. The maximum atomic E-state index is 12.2. The zero-order valence-electron chi connectivity index (χ0n) is 10.1. The molecule has 1 aromatic carbocycles. The Morgan fingerprint density at radius 1 is 1.29 bits per heavy atom. The van der Waals surface area contributed by atoms with Gasteiger partial charge in [-0.2, -0.15) is 0 Å². The van der Waals surface area contributed by atoms with Crippen LogP contribution in [-0.4, -0.2) is 31.0 Å². The molecule has 0 aromatic heterocycles. The number of benzene rings is 1. The molecule has 0 bridgehead atoms. The van der Waals surface area contributed by atoms with Gasteiger partial charge in [0, 0.05) is 13.1 Å². The van der Waals surface area contributed by atoms with Crippen molar-refractivity contribution >= 4 is 37.8 Å². The molecule has 5 heteroatoms. The van der Waals surface area contributed by atoms with E-state index in [4.69, 9.17) is 4.74 Å². The van der Waals surface area contributed by atoms with E-state index < -0.39 is 0 Å². The SMILES string of the molecule is CCN(CC)C(=O)c1ccc(Br)c(OC)c1Br. The van der Waals surface area contributed by atoms with Crippen molar-refractivity contribution in [2.24, 2.45) is 0 Å². The normalized spacial score (nSPS) is 10.2. The Bertz CT molecular complexity index is 417.